The molecule has 0 saturated heterocycles. The molecular formula is C11H14F2N2O2S. The summed E-state index contributed by atoms with van der Waals surface area (Å²) in [6.45, 7) is 1.77. The highest BCUT2D eigenvalue weighted by molar-refractivity contribution is 7.98. The number of nitro groups is 1. The zero-order valence-corrected chi connectivity index (χ0v) is 10.9. The van der Waals surface area contributed by atoms with Gasteiger partial charge in [-0.1, -0.05) is 0 Å². The number of nitro benzene ring substituents is 1. The monoisotopic (exact) mass is 276 g/mol. The van der Waals surface area contributed by atoms with Crippen LogP contribution in [-0.4, -0.2) is 23.0 Å². The Bertz CT molecular complexity index is 443. The summed E-state index contributed by atoms with van der Waals surface area (Å²) in [4.78, 5) is 10.0. The third-order valence-corrected chi connectivity index (χ3v) is 3.06. The van der Waals surface area contributed by atoms with Crippen LogP contribution in [0, 0.1) is 21.7 Å². The molecule has 0 aliphatic carbocycles. The fourth-order valence-electron chi connectivity index (χ4n) is 1.44. The molecule has 0 aliphatic rings. The fourth-order valence-corrected chi connectivity index (χ4v) is 2.03. The van der Waals surface area contributed by atoms with Crippen LogP contribution in [0.4, 0.5) is 20.2 Å². The Balaban J connectivity index is 2.98. The molecule has 0 aliphatic heterocycles. The van der Waals surface area contributed by atoms with Crippen LogP contribution in [0.5, 0.6) is 0 Å². The van der Waals surface area contributed by atoms with Crippen molar-refractivity contribution in [3.8, 4) is 0 Å². The van der Waals surface area contributed by atoms with Crippen LogP contribution >= 0.6 is 11.8 Å². The quantitative estimate of drug-likeness (QED) is 0.639. The van der Waals surface area contributed by atoms with E-state index in [9.17, 15) is 18.9 Å². The lowest BCUT2D eigenvalue weighted by Gasteiger charge is -2.15. The van der Waals surface area contributed by atoms with Gasteiger partial charge in [0.25, 0.3) is 5.69 Å². The second kappa shape index (κ2) is 6.53. The molecule has 1 N–H and O–H groups in total. The number of nitrogens with zero attached hydrogens (tertiary/aromatic N) is 1. The Morgan fingerprint density at radius 2 is 2.17 bits per heavy atom. The van der Waals surface area contributed by atoms with E-state index < -0.39 is 22.2 Å². The van der Waals surface area contributed by atoms with Gasteiger partial charge in [-0.3, -0.25) is 10.1 Å². The standard InChI is InChI=1S/C11H14F2N2O2S/c1-7(5-6-18-2)14-11-9(15(16)17)4-3-8(12)10(11)13/h3-4,7,14H,5-6H2,1-2H3. The summed E-state index contributed by atoms with van der Waals surface area (Å²) in [6.07, 6.45) is 2.63. The first kappa shape index (κ1) is 14.7. The molecular weight excluding hydrogens is 262 g/mol. The minimum absolute atomic E-state index is 0.174. The Labute approximate surface area is 108 Å². The zero-order chi connectivity index (χ0) is 13.7. The van der Waals surface area contributed by atoms with Gasteiger partial charge in [0.1, 0.15) is 0 Å². The van der Waals surface area contributed by atoms with E-state index in [1.54, 1.807) is 18.7 Å². The molecule has 1 unspecified atom stereocenters. The Kier molecular flexibility index (Phi) is 5.33. The molecule has 0 aromatic heterocycles. The van der Waals surface area contributed by atoms with Crippen molar-refractivity contribution in [3.63, 3.8) is 0 Å². The highest BCUT2D eigenvalue weighted by atomic mass is 32.2. The minimum Gasteiger partial charge on any atom is -0.375 e. The average Bonchev–Trinajstić information content (AvgIpc) is 2.32. The summed E-state index contributed by atoms with van der Waals surface area (Å²) in [5.41, 5.74) is -0.835. The van der Waals surface area contributed by atoms with E-state index in [4.69, 9.17) is 0 Å². The maximum atomic E-state index is 13.6. The lowest BCUT2D eigenvalue weighted by atomic mass is 10.2. The molecule has 1 aromatic carbocycles. The second-order valence-electron chi connectivity index (χ2n) is 3.84. The number of hydrogen-bond acceptors (Lipinski definition) is 4. The summed E-state index contributed by atoms with van der Waals surface area (Å²) in [5, 5.41) is 13.4. The molecule has 0 spiro atoms. The predicted molar refractivity (Wildman–Crippen MR) is 69.1 cm³/mol. The SMILES string of the molecule is CSCCC(C)Nc1c([N+](=O)[O-])ccc(F)c1F. The minimum atomic E-state index is -1.21. The molecule has 18 heavy (non-hydrogen) atoms. The summed E-state index contributed by atoms with van der Waals surface area (Å²) in [7, 11) is 0. The summed E-state index contributed by atoms with van der Waals surface area (Å²) in [5.74, 6) is -1.47. The maximum absolute atomic E-state index is 13.6. The van der Waals surface area contributed by atoms with Gasteiger partial charge in [0.05, 0.1) is 4.92 Å². The Morgan fingerprint density at radius 3 is 2.72 bits per heavy atom. The third-order valence-electron chi connectivity index (χ3n) is 2.42. The van der Waals surface area contributed by atoms with Crippen molar-refractivity contribution in [1.82, 2.24) is 0 Å². The molecule has 0 heterocycles. The van der Waals surface area contributed by atoms with Crippen molar-refractivity contribution in [2.75, 3.05) is 17.3 Å². The van der Waals surface area contributed by atoms with E-state index in [0.29, 0.717) is 6.42 Å². The molecule has 100 valence electrons. The third kappa shape index (κ3) is 3.56. The topological polar surface area (TPSA) is 55.2 Å². The number of anilines is 1. The number of benzene rings is 1. The van der Waals surface area contributed by atoms with Crippen molar-refractivity contribution < 1.29 is 13.7 Å². The smallest absolute Gasteiger partial charge is 0.295 e. The fraction of sp³-hybridized carbons (Fsp3) is 0.455. The lowest BCUT2D eigenvalue weighted by molar-refractivity contribution is -0.384. The van der Waals surface area contributed by atoms with Crippen LogP contribution in [0.3, 0.4) is 0 Å². The summed E-state index contributed by atoms with van der Waals surface area (Å²) >= 11 is 1.62. The van der Waals surface area contributed by atoms with Gasteiger partial charge in [-0.05, 0) is 31.4 Å². The van der Waals surface area contributed by atoms with Gasteiger partial charge in [0.2, 0.25) is 0 Å². The van der Waals surface area contributed by atoms with E-state index >= 15 is 0 Å². The molecule has 1 aromatic rings. The van der Waals surface area contributed by atoms with E-state index in [-0.39, 0.29) is 11.7 Å². The summed E-state index contributed by atoms with van der Waals surface area (Å²) in [6, 6.07) is 1.54. The lowest BCUT2D eigenvalue weighted by Crippen LogP contribution is -2.18. The van der Waals surface area contributed by atoms with E-state index in [2.05, 4.69) is 5.32 Å². The molecule has 1 rings (SSSR count). The molecule has 0 saturated carbocycles. The number of rotatable bonds is 6. The van der Waals surface area contributed by atoms with Gasteiger partial charge in [-0.25, -0.2) is 8.78 Å². The first-order valence-corrected chi connectivity index (χ1v) is 6.74. The number of thioether (sulfide) groups is 1. The molecule has 0 radical (unpaired) electrons. The molecule has 7 heteroatoms. The van der Waals surface area contributed by atoms with Crippen LogP contribution in [-0.2, 0) is 0 Å². The van der Waals surface area contributed by atoms with Crippen LogP contribution < -0.4 is 5.32 Å². The van der Waals surface area contributed by atoms with Crippen LogP contribution in [0.25, 0.3) is 0 Å². The van der Waals surface area contributed by atoms with Crippen LogP contribution in [0.1, 0.15) is 13.3 Å². The zero-order valence-electron chi connectivity index (χ0n) is 10.1. The van der Waals surface area contributed by atoms with Crippen molar-refractivity contribution in [3.05, 3.63) is 33.9 Å². The Hall–Kier alpha value is -1.37. The van der Waals surface area contributed by atoms with E-state index in [1.807, 2.05) is 6.26 Å². The highest BCUT2D eigenvalue weighted by Crippen LogP contribution is 2.30. The van der Waals surface area contributed by atoms with E-state index in [1.165, 1.54) is 0 Å². The van der Waals surface area contributed by atoms with Gasteiger partial charge >= 0.3 is 0 Å². The van der Waals surface area contributed by atoms with Crippen molar-refractivity contribution in [2.45, 2.75) is 19.4 Å². The average molecular weight is 276 g/mol. The molecule has 1 atom stereocenters. The second-order valence-corrected chi connectivity index (χ2v) is 4.83. The van der Waals surface area contributed by atoms with Crippen LogP contribution in [0.2, 0.25) is 0 Å². The van der Waals surface area contributed by atoms with Gasteiger partial charge in [-0.2, -0.15) is 11.8 Å². The first-order chi connectivity index (χ1) is 8.47. The van der Waals surface area contributed by atoms with Crippen LogP contribution in [0.15, 0.2) is 12.1 Å². The first-order valence-electron chi connectivity index (χ1n) is 5.35. The molecule has 0 amide bonds. The number of hydrogen-bond donors (Lipinski definition) is 1. The molecule has 4 nitrogen and oxygen atoms in total. The summed E-state index contributed by atoms with van der Waals surface area (Å²) < 4.78 is 26.6. The van der Waals surface area contributed by atoms with Gasteiger partial charge in [0.15, 0.2) is 17.3 Å². The largest absolute Gasteiger partial charge is 0.375 e. The predicted octanol–water partition coefficient (Wildman–Crippen LogP) is 3.43. The highest BCUT2D eigenvalue weighted by Gasteiger charge is 2.22. The van der Waals surface area contributed by atoms with Crippen molar-refractivity contribution >= 4 is 23.1 Å². The van der Waals surface area contributed by atoms with E-state index in [0.717, 1.165) is 17.9 Å². The van der Waals surface area contributed by atoms with Crippen molar-refractivity contribution in [1.29, 1.82) is 0 Å². The number of halogens is 2. The Morgan fingerprint density at radius 1 is 1.50 bits per heavy atom. The van der Waals surface area contributed by atoms with Gasteiger partial charge in [-0.15, -0.1) is 0 Å². The van der Waals surface area contributed by atoms with Gasteiger partial charge < -0.3 is 5.32 Å². The normalized spacial score (nSPS) is 12.2. The van der Waals surface area contributed by atoms with Crippen molar-refractivity contribution in [2.24, 2.45) is 0 Å². The maximum Gasteiger partial charge on any atom is 0.295 e. The molecule has 0 fully saturated rings. The van der Waals surface area contributed by atoms with Gasteiger partial charge in [0, 0.05) is 12.1 Å². The number of nitrogens with one attached hydrogen (secondary N) is 1. The molecule has 0 bridgehead atoms.